The lowest BCUT2D eigenvalue weighted by Crippen LogP contribution is -2.51. The molecule has 1 aliphatic heterocycles. The molecule has 2 nitrogen and oxygen atoms in total. The number of aliphatic hydroxyl groups is 1. The van der Waals surface area contributed by atoms with Crippen LogP contribution in [0.1, 0.15) is 51.9 Å². The Morgan fingerprint density at radius 2 is 1.79 bits per heavy atom. The monoisotopic (exact) mass is 197 g/mol. The molecule has 14 heavy (non-hydrogen) atoms. The van der Waals surface area contributed by atoms with Crippen molar-refractivity contribution >= 4 is 0 Å². The molecule has 2 heteroatoms. The van der Waals surface area contributed by atoms with Crippen molar-refractivity contribution in [3.05, 3.63) is 0 Å². The van der Waals surface area contributed by atoms with E-state index in [0.717, 1.165) is 13.0 Å². The van der Waals surface area contributed by atoms with Crippen LogP contribution in [0.3, 0.4) is 0 Å². The first-order valence-corrected chi connectivity index (χ1v) is 6.17. The molecule has 1 heterocycles. The van der Waals surface area contributed by atoms with Crippen molar-refractivity contribution < 1.29 is 5.11 Å². The summed E-state index contributed by atoms with van der Waals surface area (Å²) in [6.07, 6.45) is 8.83. The fourth-order valence-electron chi connectivity index (χ4n) is 3.15. The molecular formula is C12H23NO. The molecule has 0 radical (unpaired) electrons. The molecule has 1 saturated carbocycles. The highest BCUT2D eigenvalue weighted by atomic mass is 16.3. The molecule has 0 aromatic carbocycles. The van der Waals surface area contributed by atoms with Crippen molar-refractivity contribution in [2.24, 2.45) is 5.92 Å². The van der Waals surface area contributed by atoms with Gasteiger partial charge in [-0.25, -0.2) is 0 Å². The number of hydrogen-bond donors (Lipinski definition) is 2. The summed E-state index contributed by atoms with van der Waals surface area (Å²) in [7, 11) is 0. The van der Waals surface area contributed by atoms with E-state index in [2.05, 4.69) is 5.32 Å². The zero-order valence-corrected chi connectivity index (χ0v) is 9.26. The van der Waals surface area contributed by atoms with Gasteiger partial charge in [0, 0.05) is 6.04 Å². The van der Waals surface area contributed by atoms with Crippen LogP contribution in [0.2, 0.25) is 0 Å². The van der Waals surface area contributed by atoms with Crippen molar-refractivity contribution in [2.75, 3.05) is 6.54 Å². The Morgan fingerprint density at radius 1 is 1.07 bits per heavy atom. The molecule has 82 valence electrons. The smallest absolute Gasteiger partial charge is 0.0799 e. The molecule has 2 aliphatic rings. The van der Waals surface area contributed by atoms with Crippen LogP contribution in [0.5, 0.6) is 0 Å². The molecular weight excluding hydrogens is 174 g/mol. The average Bonchev–Trinajstić information content (AvgIpc) is 2.72. The predicted molar refractivity (Wildman–Crippen MR) is 58.2 cm³/mol. The summed E-state index contributed by atoms with van der Waals surface area (Å²) in [5.41, 5.74) is -0.461. The van der Waals surface area contributed by atoms with Gasteiger partial charge in [0.25, 0.3) is 0 Å². The maximum atomic E-state index is 10.6. The van der Waals surface area contributed by atoms with Crippen LogP contribution in [0.15, 0.2) is 0 Å². The van der Waals surface area contributed by atoms with E-state index in [0.29, 0.717) is 12.0 Å². The quantitative estimate of drug-likeness (QED) is 0.710. The molecule has 0 unspecified atom stereocenters. The Hall–Kier alpha value is -0.0800. The van der Waals surface area contributed by atoms with Gasteiger partial charge in [0.2, 0.25) is 0 Å². The zero-order valence-electron chi connectivity index (χ0n) is 9.26. The number of rotatable bonds is 2. The predicted octanol–water partition coefficient (Wildman–Crippen LogP) is 2.07. The van der Waals surface area contributed by atoms with Crippen molar-refractivity contribution in [3.8, 4) is 0 Å². The van der Waals surface area contributed by atoms with Gasteiger partial charge in [-0.15, -0.1) is 0 Å². The largest absolute Gasteiger partial charge is 0.388 e. The highest BCUT2D eigenvalue weighted by Gasteiger charge is 2.40. The van der Waals surface area contributed by atoms with Crippen LogP contribution in [-0.2, 0) is 0 Å². The minimum atomic E-state index is -0.461. The van der Waals surface area contributed by atoms with Crippen LogP contribution < -0.4 is 5.32 Å². The molecule has 1 aliphatic carbocycles. The maximum Gasteiger partial charge on any atom is 0.0799 e. The van der Waals surface area contributed by atoms with Crippen LogP contribution in [0, 0.1) is 5.92 Å². The standard InChI is InChI=1S/C12H23NO/c1-12(14,11-8-5-9-13-11)10-6-3-2-4-7-10/h10-11,13-14H,2-9H2,1H3/t11-,12+/m0/s1. The molecule has 0 aromatic heterocycles. The van der Waals surface area contributed by atoms with Crippen molar-refractivity contribution in [3.63, 3.8) is 0 Å². The van der Waals surface area contributed by atoms with Gasteiger partial charge in [-0.1, -0.05) is 19.3 Å². The first-order valence-electron chi connectivity index (χ1n) is 6.17. The normalized spacial score (nSPS) is 34.3. The summed E-state index contributed by atoms with van der Waals surface area (Å²) >= 11 is 0. The highest BCUT2D eigenvalue weighted by Crippen LogP contribution is 2.36. The SMILES string of the molecule is C[C@@](O)(C1CCCCC1)[C@@H]1CCCN1. The molecule has 0 amide bonds. The van der Waals surface area contributed by atoms with Crippen LogP contribution in [-0.4, -0.2) is 23.3 Å². The summed E-state index contributed by atoms with van der Waals surface area (Å²) in [6.45, 7) is 3.14. The van der Waals surface area contributed by atoms with Crippen molar-refractivity contribution in [2.45, 2.75) is 63.5 Å². The summed E-state index contributed by atoms with van der Waals surface area (Å²) in [5.74, 6) is 0.534. The second-order valence-corrected chi connectivity index (χ2v) is 5.21. The van der Waals surface area contributed by atoms with Gasteiger partial charge in [-0.2, -0.15) is 0 Å². The summed E-state index contributed by atoms with van der Waals surface area (Å²) < 4.78 is 0. The number of hydrogen-bond acceptors (Lipinski definition) is 2. The minimum Gasteiger partial charge on any atom is -0.388 e. The third kappa shape index (κ3) is 1.96. The van der Waals surface area contributed by atoms with Gasteiger partial charge in [0.05, 0.1) is 5.60 Å². The van der Waals surface area contributed by atoms with Crippen LogP contribution in [0.25, 0.3) is 0 Å². The zero-order chi connectivity index (χ0) is 10.0. The molecule has 1 saturated heterocycles. The summed E-state index contributed by atoms with van der Waals surface area (Å²) in [6, 6.07) is 0.352. The topological polar surface area (TPSA) is 32.3 Å². The average molecular weight is 197 g/mol. The lowest BCUT2D eigenvalue weighted by Gasteiger charge is -2.40. The van der Waals surface area contributed by atoms with Gasteiger partial charge in [0.1, 0.15) is 0 Å². The maximum absolute atomic E-state index is 10.6. The molecule has 0 aromatic rings. The molecule has 2 atom stereocenters. The van der Waals surface area contributed by atoms with Gasteiger partial charge < -0.3 is 10.4 Å². The first kappa shape index (κ1) is 10.4. The van der Waals surface area contributed by atoms with E-state index in [-0.39, 0.29) is 0 Å². The minimum absolute atomic E-state index is 0.352. The lowest BCUT2D eigenvalue weighted by atomic mass is 9.74. The fraction of sp³-hybridized carbons (Fsp3) is 1.00. The van der Waals surface area contributed by atoms with Crippen molar-refractivity contribution in [1.29, 1.82) is 0 Å². The Balaban J connectivity index is 1.97. The Kier molecular flexibility index (Phi) is 3.13. The van der Waals surface area contributed by atoms with E-state index in [1.807, 2.05) is 6.92 Å². The van der Waals surface area contributed by atoms with Gasteiger partial charge in [-0.3, -0.25) is 0 Å². The van der Waals surface area contributed by atoms with Gasteiger partial charge in [-0.05, 0) is 45.1 Å². The Bertz CT molecular complexity index is 179. The van der Waals surface area contributed by atoms with E-state index >= 15 is 0 Å². The Labute approximate surface area is 87.1 Å². The van der Waals surface area contributed by atoms with Crippen LogP contribution >= 0.6 is 0 Å². The summed E-state index contributed by atoms with van der Waals surface area (Å²) in [5, 5.41) is 14.0. The van der Waals surface area contributed by atoms with E-state index in [9.17, 15) is 5.11 Å². The lowest BCUT2D eigenvalue weighted by molar-refractivity contribution is -0.0430. The highest BCUT2D eigenvalue weighted by molar-refractivity contribution is 4.96. The van der Waals surface area contributed by atoms with E-state index < -0.39 is 5.60 Å². The third-order valence-corrected chi connectivity index (χ3v) is 4.20. The van der Waals surface area contributed by atoms with Crippen LogP contribution in [0.4, 0.5) is 0 Å². The summed E-state index contributed by atoms with van der Waals surface area (Å²) in [4.78, 5) is 0. The van der Waals surface area contributed by atoms with E-state index in [1.165, 1.54) is 38.5 Å². The molecule has 0 bridgehead atoms. The molecule has 2 rings (SSSR count). The van der Waals surface area contributed by atoms with Gasteiger partial charge in [0.15, 0.2) is 0 Å². The first-order chi connectivity index (χ1) is 6.71. The van der Waals surface area contributed by atoms with E-state index in [1.54, 1.807) is 0 Å². The van der Waals surface area contributed by atoms with E-state index in [4.69, 9.17) is 0 Å². The second kappa shape index (κ2) is 4.19. The molecule has 0 spiro atoms. The fourth-order valence-corrected chi connectivity index (χ4v) is 3.15. The second-order valence-electron chi connectivity index (χ2n) is 5.21. The Morgan fingerprint density at radius 3 is 2.36 bits per heavy atom. The number of nitrogens with one attached hydrogen (secondary N) is 1. The molecule has 2 N–H and O–H groups in total. The van der Waals surface area contributed by atoms with Gasteiger partial charge >= 0.3 is 0 Å². The van der Waals surface area contributed by atoms with Crippen molar-refractivity contribution in [1.82, 2.24) is 5.32 Å². The third-order valence-electron chi connectivity index (χ3n) is 4.20. The molecule has 2 fully saturated rings.